The Labute approximate surface area is 315 Å². The van der Waals surface area contributed by atoms with E-state index in [0.717, 1.165) is 73.8 Å². The van der Waals surface area contributed by atoms with E-state index in [-0.39, 0.29) is 6.09 Å². The summed E-state index contributed by atoms with van der Waals surface area (Å²) in [5.74, 6) is 0.494. The number of esters is 1. The summed E-state index contributed by atoms with van der Waals surface area (Å²) in [7, 11) is 1.37. The molecule has 2 aliphatic heterocycles. The van der Waals surface area contributed by atoms with E-state index >= 15 is 0 Å². The van der Waals surface area contributed by atoms with Crippen molar-refractivity contribution < 1.29 is 23.8 Å². The summed E-state index contributed by atoms with van der Waals surface area (Å²) in [6, 6.07) is 24.1. The van der Waals surface area contributed by atoms with Crippen LogP contribution in [-0.2, 0) is 16.0 Å². The molecule has 1 N–H and O–H groups in total. The molecule has 7 rings (SSSR count). The third-order valence-electron chi connectivity index (χ3n) is 9.65. The Morgan fingerprint density at radius 1 is 0.830 bits per heavy atom. The van der Waals surface area contributed by atoms with Crippen molar-refractivity contribution in [1.29, 1.82) is 0 Å². The minimum Gasteiger partial charge on any atom is -0.465 e. The van der Waals surface area contributed by atoms with Gasteiger partial charge >= 0.3 is 12.1 Å². The van der Waals surface area contributed by atoms with E-state index < -0.39 is 11.6 Å². The molecule has 0 radical (unpaired) electrons. The third kappa shape index (κ3) is 8.53. The lowest BCUT2D eigenvalue weighted by Crippen LogP contribution is -2.50. The van der Waals surface area contributed by atoms with Crippen LogP contribution in [0.2, 0.25) is 5.02 Å². The van der Waals surface area contributed by atoms with E-state index in [1.54, 1.807) is 17.2 Å². The number of carbonyl (C=O) groups excluding carboxylic acids is 2. The number of halogens is 1. The highest BCUT2D eigenvalue weighted by atomic mass is 35.5. The SMILES string of the molecule is COC(=O)c1ccc(N2CCN(Cc3cc(N4CCN(C(=O)OC(C)(C)C)CC4)ccc3-c3ccc(Cl)cc3)CC2)cc1Oc1cnc2[nH]ccc2c1. The monoisotopic (exact) mass is 736 g/mol. The van der Waals surface area contributed by atoms with Gasteiger partial charge in [-0.25, -0.2) is 14.6 Å². The second-order valence-electron chi connectivity index (χ2n) is 14.4. The van der Waals surface area contributed by atoms with Gasteiger partial charge < -0.3 is 33.9 Å². The summed E-state index contributed by atoms with van der Waals surface area (Å²) in [6.07, 6.45) is 3.21. The number of carbonyl (C=O) groups is 2. The number of nitrogens with one attached hydrogen (secondary N) is 1. The number of fused-ring (bicyclic) bond motifs is 1. The highest BCUT2D eigenvalue weighted by Gasteiger charge is 2.27. The molecule has 0 aliphatic carbocycles. The van der Waals surface area contributed by atoms with Crippen molar-refractivity contribution in [2.24, 2.45) is 0 Å². The first-order valence-electron chi connectivity index (χ1n) is 18.0. The molecule has 0 bridgehead atoms. The van der Waals surface area contributed by atoms with Crippen LogP contribution in [0.25, 0.3) is 22.2 Å². The number of hydrogen-bond acceptors (Lipinski definition) is 9. The fourth-order valence-corrected chi connectivity index (χ4v) is 7.00. The number of pyridine rings is 1. The lowest BCUT2D eigenvalue weighted by atomic mass is 9.98. The molecular formula is C41H45ClN6O5. The molecule has 53 heavy (non-hydrogen) atoms. The van der Waals surface area contributed by atoms with Crippen LogP contribution in [0, 0.1) is 0 Å². The summed E-state index contributed by atoms with van der Waals surface area (Å²) in [6.45, 7) is 12.4. The number of piperazine rings is 2. The number of benzene rings is 3. The quantitative estimate of drug-likeness (QED) is 0.160. The Bertz CT molecular complexity index is 2080. The molecule has 4 heterocycles. The number of ether oxygens (including phenoxy) is 3. The van der Waals surface area contributed by atoms with E-state index in [0.29, 0.717) is 35.2 Å². The van der Waals surface area contributed by atoms with Crippen LogP contribution in [0.3, 0.4) is 0 Å². The van der Waals surface area contributed by atoms with Crippen molar-refractivity contribution in [2.45, 2.75) is 32.9 Å². The summed E-state index contributed by atoms with van der Waals surface area (Å²) >= 11 is 6.26. The number of nitrogens with zero attached hydrogens (tertiary/aromatic N) is 5. The molecule has 0 unspecified atom stereocenters. The first-order chi connectivity index (χ1) is 25.5. The lowest BCUT2D eigenvalue weighted by Gasteiger charge is -2.38. The van der Waals surface area contributed by atoms with E-state index in [1.165, 1.54) is 18.2 Å². The van der Waals surface area contributed by atoms with Gasteiger partial charge in [0.25, 0.3) is 0 Å². The van der Waals surface area contributed by atoms with Crippen LogP contribution in [0.15, 0.2) is 85.2 Å². The second kappa shape index (κ2) is 15.4. The smallest absolute Gasteiger partial charge is 0.410 e. The topological polar surface area (TPSA) is 103 Å². The first-order valence-corrected chi connectivity index (χ1v) is 18.3. The maximum Gasteiger partial charge on any atom is 0.410 e. The van der Waals surface area contributed by atoms with E-state index in [4.69, 9.17) is 25.8 Å². The van der Waals surface area contributed by atoms with Crippen molar-refractivity contribution in [3.63, 3.8) is 0 Å². The van der Waals surface area contributed by atoms with Crippen LogP contribution in [0.5, 0.6) is 11.5 Å². The fraction of sp³-hybridized carbons (Fsp3) is 0.341. The van der Waals surface area contributed by atoms with E-state index in [2.05, 4.69) is 55.0 Å². The van der Waals surface area contributed by atoms with Crippen LogP contribution < -0.4 is 14.5 Å². The summed E-state index contributed by atoms with van der Waals surface area (Å²) in [4.78, 5) is 41.8. The van der Waals surface area contributed by atoms with Gasteiger partial charge in [0.15, 0.2) is 0 Å². The number of aromatic amines is 1. The number of rotatable bonds is 8. The highest BCUT2D eigenvalue weighted by molar-refractivity contribution is 6.30. The van der Waals surface area contributed by atoms with Gasteiger partial charge in [0.2, 0.25) is 0 Å². The molecule has 0 spiro atoms. The molecule has 11 nitrogen and oxygen atoms in total. The van der Waals surface area contributed by atoms with E-state index in [9.17, 15) is 9.59 Å². The van der Waals surface area contributed by atoms with Crippen molar-refractivity contribution in [3.05, 3.63) is 101 Å². The van der Waals surface area contributed by atoms with Crippen molar-refractivity contribution in [2.75, 3.05) is 69.3 Å². The molecule has 5 aromatic rings. The lowest BCUT2D eigenvalue weighted by molar-refractivity contribution is 0.0240. The predicted molar refractivity (Wildman–Crippen MR) is 208 cm³/mol. The van der Waals surface area contributed by atoms with Crippen molar-refractivity contribution >= 4 is 46.1 Å². The zero-order valence-electron chi connectivity index (χ0n) is 30.6. The van der Waals surface area contributed by atoms with Crippen LogP contribution in [0.4, 0.5) is 16.2 Å². The molecule has 0 saturated carbocycles. The van der Waals surface area contributed by atoms with Crippen molar-refractivity contribution in [1.82, 2.24) is 19.8 Å². The summed E-state index contributed by atoms with van der Waals surface area (Å²) < 4.78 is 16.9. The number of amides is 1. The molecule has 1 amide bonds. The van der Waals surface area contributed by atoms with Gasteiger partial charge in [-0.1, -0.05) is 29.8 Å². The van der Waals surface area contributed by atoms with Crippen molar-refractivity contribution in [3.8, 4) is 22.6 Å². The zero-order chi connectivity index (χ0) is 37.1. The average Bonchev–Trinajstić information content (AvgIpc) is 3.63. The van der Waals surface area contributed by atoms with Gasteiger partial charge in [-0.15, -0.1) is 0 Å². The van der Waals surface area contributed by atoms with Crippen LogP contribution in [0.1, 0.15) is 36.7 Å². The molecule has 2 aromatic heterocycles. The van der Waals surface area contributed by atoms with Crippen LogP contribution >= 0.6 is 11.6 Å². The summed E-state index contributed by atoms with van der Waals surface area (Å²) in [5.41, 5.74) is 6.24. The standard InChI is InChI=1S/C41H45ClN6O5/c1-41(2,3)53-40(50)48-21-19-47(20-22-48)32-9-11-35(28-5-7-31(42)8-6-28)30(23-32)27-45-15-17-46(18-16-45)33-10-12-36(39(49)51-4)37(25-33)52-34-24-29-13-14-43-38(29)44-26-34/h5-14,23-26H,15-22,27H2,1-4H3,(H,43,44). The minimum atomic E-state index is -0.519. The van der Waals surface area contributed by atoms with Gasteiger partial charge in [0.1, 0.15) is 28.3 Å². The van der Waals surface area contributed by atoms with Gasteiger partial charge in [-0.3, -0.25) is 4.90 Å². The fourth-order valence-electron chi connectivity index (χ4n) is 6.87. The number of hydrogen-bond donors (Lipinski definition) is 1. The Hall–Kier alpha value is -5.26. The second-order valence-corrected chi connectivity index (χ2v) is 14.9. The molecule has 12 heteroatoms. The Balaban J connectivity index is 1.06. The Morgan fingerprint density at radius 2 is 1.51 bits per heavy atom. The maximum atomic E-state index is 12.7. The molecule has 2 aliphatic rings. The molecule has 276 valence electrons. The normalized spacial score (nSPS) is 15.5. The number of H-pyrrole nitrogens is 1. The Morgan fingerprint density at radius 3 is 2.21 bits per heavy atom. The van der Waals surface area contributed by atoms with Gasteiger partial charge in [0, 0.05) is 92.9 Å². The maximum absolute atomic E-state index is 12.7. The van der Waals surface area contributed by atoms with Gasteiger partial charge in [-0.2, -0.15) is 0 Å². The van der Waals surface area contributed by atoms with Gasteiger partial charge in [-0.05, 0) is 86.0 Å². The zero-order valence-corrected chi connectivity index (χ0v) is 31.4. The van der Waals surface area contributed by atoms with Gasteiger partial charge in [0.05, 0.1) is 13.3 Å². The third-order valence-corrected chi connectivity index (χ3v) is 9.90. The molecule has 2 saturated heterocycles. The minimum absolute atomic E-state index is 0.259. The largest absolute Gasteiger partial charge is 0.465 e. The number of methoxy groups -OCH3 is 1. The number of anilines is 2. The molecule has 2 fully saturated rings. The molecular weight excluding hydrogens is 692 g/mol. The molecule has 0 atom stereocenters. The first kappa shape index (κ1) is 36.1. The highest BCUT2D eigenvalue weighted by Crippen LogP contribution is 2.34. The average molecular weight is 737 g/mol. The van der Waals surface area contributed by atoms with E-state index in [1.807, 2.05) is 63.4 Å². The Kier molecular flexibility index (Phi) is 10.5. The number of aromatic nitrogens is 2. The molecule has 3 aromatic carbocycles. The predicted octanol–water partition coefficient (Wildman–Crippen LogP) is 7.84. The summed E-state index contributed by atoms with van der Waals surface area (Å²) in [5, 5.41) is 1.62. The van der Waals surface area contributed by atoms with Crippen LogP contribution in [-0.4, -0.2) is 96.9 Å².